The third-order valence-corrected chi connectivity index (χ3v) is 5.83. The molecule has 98 valence electrons. The first kappa shape index (κ1) is 16.7. The van der Waals surface area contributed by atoms with E-state index in [1.54, 1.807) is 0 Å². The van der Waals surface area contributed by atoms with Gasteiger partial charge in [-0.15, -0.1) is 0 Å². The molecule has 0 spiro atoms. The van der Waals surface area contributed by atoms with Crippen LogP contribution in [0, 0.1) is 0 Å². The zero-order valence-corrected chi connectivity index (χ0v) is 13.1. The Hall–Kier alpha value is 0.700. The summed E-state index contributed by atoms with van der Waals surface area (Å²) in [5.41, 5.74) is 0. The van der Waals surface area contributed by atoms with Gasteiger partial charge in [0.25, 0.3) is 0 Å². The largest absolute Gasteiger partial charge is 0.0939 e. The molecule has 2 heteroatoms. The van der Waals surface area contributed by atoms with Crippen molar-refractivity contribution in [3.05, 3.63) is 0 Å². The minimum absolute atomic E-state index is 0.855. The number of hydrogen-bond donors (Lipinski definition) is 0. The molecule has 0 bridgehead atoms. The van der Waals surface area contributed by atoms with Crippen LogP contribution in [0.1, 0.15) is 78.6 Å². The van der Waals surface area contributed by atoms with Crippen molar-refractivity contribution in [1.82, 2.24) is 0 Å². The zero-order valence-electron chi connectivity index (χ0n) is 11.5. The molecule has 0 aromatic carbocycles. The topological polar surface area (TPSA) is 0 Å². The molecular formula is C14H30S2. The van der Waals surface area contributed by atoms with E-state index < -0.39 is 0 Å². The Bertz CT molecular complexity index is 126. The van der Waals surface area contributed by atoms with Gasteiger partial charge in [0.05, 0.1) is 0 Å². The van der Waals surface area contributed by atoms with Gasteiger partial charge in [0, 0.05) is 11.0 Å². The molecule has 0 radical (unpaired) electrons. The van der Waals surface area contributed by atoms with Gasteiger partial charge >= 0.3 is 0 Å². The second-order valence-corrected chi connectivity index (χ2v) is 7.56. The van der Waals surface area contributed by atoms with Gasteiger partial charge in [0.15, 0.2) is 0 Å². The summed E-state index contributed by atoms with van der Waals surface area (Å²) in [6.07, 6.45) is 12.6. The lowest BCUT2D eigenvalue weighted by Crippen LogP contribution is -1.94. The van der Waals surface area contributed by atoms with E-state index in [0.717, 1.165) is 5.25 Å². The van der Waals surface area contributed by atoms with Gasteiger partial charge < -0.3 is 0 Å². The summed E-state index contributed by atoms with van der Waals surface area (Å²) in [6.45, 7) is 6.94. The normalized spacial score (nSPS) is 12.9. The van der Waals surface area contributed by atoms with Crippen LogP contribution in [0.15, 0.2) is 0 Å². The average molecular weight is 263 g/mol. The van der Waals surface area contributed by atoms with Gasteiger partial charge in [0.2, 0.25) is 0 Å². The summed E-state index contributed by atoms with van der Waals surface area (Å²) < 4.78 is 0. The molecule has 0 heterocycles. The van der Waals surface area contributed by atoms with E-state index in [2.05, 4.69) is 42.4 Å². The molecule has 1 atom stereocenters. The predicted molar refractivity (Wildman–Crippen MR) is 82.4 cm³/mol. The van der Waals surface area contributed by atoms with Gasteiger partial charge in [-0.25, -0.2) is 0 Å². The number of unbranched alkanes of at least 4 members (excludes halogenated alkanes) is 6. The van der Waals surface area contributed by atoms with E-state index in [-0.39, 0.29) is 0 Å². The van der Waals surface area contributed by atoms with Gasteiger partial charge in [-0.3, -0.25) is 0 Å². The van der Waals surface area contributed by atoms with Crippen molar-refractivity contribution in [3.63, 3.8) is 0 Å². The minimum Gasteiger partial charge on any atom is -0.0939 e. The Labute approximate surface area is 111 Å². The molecule has 1 unspecified atom stereocenters. The molecule has 0 aromatic rings. The predicted octanol–water partition coefficient (Wildman–Crippen LogP) is 6.31. The lowest BCUT2D eigenvalue weighted by atomic mass is 10.1. The first-order chi connectivity index (χ1) is 7.81. The average Bonchev–Trinajstić information content (AvgIpc) is 2.29. The molecule has 0 aliphatic heterocycles. The van der Waals surface area contributed by atoms with Gasteiger partial charge in [0.1, 0.15) is 0 Å². The van der Waals surface area contributed by atoms with Gasteiger partial charge in [-0.05, 0) is 12.8 Å². The van der Waals surface area contributed by atoms with Crippen LogP contribution in [0.25, 0.3) is 0 Å². The SMILES string of the molecule is CCCCCCSSC(C)CCCCCC. The molecular weight excluding hydrogens is 232 g/mol. The molecule has 0 aromatic heterocycles. The summed E-state index contributed by atoms with van der Waals surface area (Å²) >= 11 is 0. The van der Waals surface area contributed by atoms with E-state index in [9.17, 15) is 0 Å². The third kappa shape index (κ3) is 12.8. The zero-order chi connectivity index (χ0) is 12.1. The van der Waals surface area contributed by atoms with Crippen molar-refractivity contribution in [1.29, 1.82) is 0 Å². The van der Waals surface area contributed by atoms with Gasteiger partial charge in [-0.1, -0.05) is 87.3 Å². The van der Waals surface area contributed by atoms with Crippen molar-refractivity contribution in [3.8, 4) is 0 Å². The Morgan fingerprint density at radius 2 is 1.44 bits per heavy atom. The van der Waals surface area contributed by atoms with Crippen molar-refractivity contribution < 1.29 is 0 Å². The number of rotatable bonds is 12. The second-order valence-electron chi connectivity index (χ2n) is 4.64. The maximum absolute atomic E-state index is 2.38. The Morgan fingerprint density at radius 1 is 0.812 bits per heavy atom. The molecule has 0 aliphatic carbocycles. The van der Waals surface area contributed by atoms with Crippen LogP contribution in [0.3, 0.4) is 0 Å². The highest BCUT2D eigenvalue weighted by Crippen LogP contribution is 2.30. The van der Waals surface area contributed by atoms with Crippen molar-refractivity contribution in [2.75, 3.05) is 5.75 Å². The fourth-order valence-corrected chi connectivity index (χ4v) is 4.20. The van der Waals surface area contributed by atoms with Crippen LogP contribution in [0.2, 0.25) is 0 Å². The lowest BCUT2D eigenvalue weighted by Gasteiger charge is -2.09. The molecule has 0 nitrogen and oxygen atoms in total. The van der Waals surface area contributed by atoms with E-state index in [0.29, 0.717) is 0 Å². The highest BCUT2D eigenvalue weighted by molar-refractivity contribution is 8.76. The highest BCUT2D eigenvalue weighted by atomic mass is 33.1. The quantitative estimate of drug-likeness (QED) is 0.299. The summed E-state index contributed by atoms with van der Waals surface area (Å²) in [6, 6.07) is 0. The Morgan fingerprint density at radius 3 is 2.06 bits per heavy atom. The van der Waals surface area contributed by atoms with Crippen molar-refractivity contribution >= 4 is 21.6 Å². The van der Waals surface area contributed by atoms with Gasteiger partial charge in [-0.2, -0.15) is 0 Å². The highest BCUT2D eigenvalue weighted by Gasteiger charge is 2.02. The lowest BCUT2D eigenvalue weighted by molar-refractivity contribution is 0.631. The van der Waals surface area contributed by atoms with Crippen LogP contribution in [0.4, 0.5) is 0 Å². The monoisotopic (exact) mass is 262 g/mol. The van der Waals surface area contributed by atoms with E-state index in [1.165, 1.54) is 63.5 Å². The number of hydrogen-bond acceptors (Lipinski definition) is 2. The molecule has 0 saturated carbocycles. The smallest absolute Gasteiger partial charge is 0.0123 e. The maximum Gasteiger partial charge on any atom is 0.0123 e. The Balaban J connectivity index is 3.08. The minimum atomic E-state index is 0.855. The molecule has 0 aliphatic rings. The fourth-order valence-electron chi connectivity index (χ4n) is 1.66. The molecule has 0 N–H and O–H groups in total. The van der Waals surface area contributed by atoms with E-state index >= 15 is 0 Å². The summed E-state index contributed by atoms with van der Waals surface area (Å²) in [5.74, 6) is 1.35. The van der Waals surface area contributed by atoms with E-state index in [1.807, 2.05) is 0 Å². The first-order valence-corrected chi connectivity index (χ1v) is 9.47. The molecule has 0 amide bonds. The molecule has 0 saturated heterocycles. The first-order valence-electron chi connectivity index (χ1n) is 7.09. The van der Waals surface area contributed by atoms with Crippen LogP contribution in [-0.4, -0.2) is 11.0 Å². The molecule has 16 heavy (non-hydrogen) atoms. The van der Waals surface area contributed by atoms with E-state index in [4.69, 9.17) is 0 Å². The molecule has 0 fully saturated rings. The van der Waals surface area contributed by atoms with Crippen LogP contribution in [0.5, 0.6) is 0 Å². The summed E-state index contributed by atoms with van der Waals surface area (Å²) in [7, 11) is 4.20. The van der Waals surface area contributed by atoms with Crippen LogP contribution in [-0.2, 0) is 0 Å². The van der Waals surface area contributed by atoms with Crippen molar-refractivity contribution in [2.45, 2.75) is 83.8 Å². The molecule has 0 rings (SSSR count). The fraction of sp³-hybridized carbons (Fsp3) is 1.00. The summed E-state index contributed by atoms with van der Waals surface area (Å²) in [5, 5.41) is 0.855. The van der Waals surface area contributed by atoms with Crippen molar-refractivity contribution in [2.24, 2.45) is 0 Å². The Kier molecular flexibility index (Phi) is 14.4. The standard InChI is InChI=1S/C14H30S2/c1-4-6-8-10-12-14(3)16-15-13-11-9-7-5-2/h14H,4-13H2,1-3H3. The van der Waals surface area contributed by atoms with Crippen LogP contribution < -0.4 is 0 Å². The second kappa shape index (κ2) is 13.8. The summed E-state index contributed by atoms with van der Waals surface area (Å²) in [4.78, 5) is 0. The maximum atomic E-state index is 2.38. The van der Waals surface area contributed by atoms with Crippen LogP contribution >= 0.6 is 21.6 Å². The third-order valence-electron chi connectivity index (χ3n) is 2.78.